The second-order valence-corrected chi connectivity index (χ2v) is 5.65. The maximum atomic E-state index is 12.0. The Bertz CT molecular complexity index is 681. The molecule has 3 nitrogen and oxygen atoms in total. The Morgan fingerprint density at radius 2 is 2.10 bits per heavy atom. The van der Waals surface area contributed by atoms with Crippen molar-refractivity contribution in [1.82, 2.24) is 10.3 Å². The van der Waals surface area contributed by atoms with E-state index in [1.807, 2.05) is 6.07 Å². The molecule has 0 unspecified atom stereocenters. The molecular formula is C18H22N2O. The lowest BCUT2D eigenvalue weighted by molar-refractivity contribution is -0.116. The number of hydrogen-bond acceptors (Lipinski definition) is 2. The van der Waals surface area contributed by atoms with E-state index in [1.54, 1.807) is 0 Å². The van der Waals surface area contributed by atoms with E-state index in [1.165, 1.54) is 22.0 Å². The number of hydrogen-bond donors (Lipinski definition) is 2. The van der Waals surface area contributed by atoms with Gasteiger partial charge in [-0.15, -0.1) is 0 Å². The standard InChI is InChI=1S/C18H22N2O/c1-2-13-6-5-9-17(21)18(13)19-11-10-14-12-20-16-8-4-3-7-15(14)16/h3-4,7-8,12,19-20H,2,5-6,9-11H2,1H3. The second-order valence-electron chi connectivity index (χ2n) is 5.65. The van der Waals surface area contributed by atoms with Crippen LogP contribution < -0.4 is 5.32 Å². The van der Waals surface area contributed by atoms with E-state index in [9.17, 15) is 4.79 Å². The maximum Gasteiger partial charge on any atom is 0.178 e. The summed E-state index contributed by atoms with van der Waals surface area (Å²) in [6, 6.07) is 8.34. The molecule has 1 heterocycles. The Hall–Kier alpha value is -2.03. The molecule has 21 heavy (non-hydrogen) atoms. The zero-order valence-electron chi connectivity index (χ0n) is 12.5. The van der Waals surface area contributed by atoms with Crippen molar-refractivity contribution in [2.75, 3.05) is 6.54 Å². The topological polar surface area (TPSA) is 44.9 Å². The lowest BCUT2D eigenvalue weighted by Crippen LogP contribution is -2.26. The summed E-state index contributed by atoms with van der Waals surface area (Å²) < 4.78 is 0. The summed E-state index contributed by atoms with van der Waals surface area (Å²) >= 11 is 0. The van der Waals surface area contributed by atoms with Crippen molar-refractivity contribution in [1.29, 1.82) is 0 Å². The number of allylic oxidation sites excluding steroid dienone is 2. The van der Waals surface area contributed by atoms with Gasteiger partial charge in [0, 0.05) is 30.1 Å². The summed E-state index contributed by atoms with van der Waals surface area (Å²) in [6.45, 7) is 2.95. The number of carbonyl (C=O) groups is 1. The Morgan fingerprint density at radius 3 is 2.95 bits per heavy atom. The molecule has 1 aromatic carbocycles. The predicted molar refractivity (Wildman–Crippen MR) is 86.2 cm³/mol. The summed E-state index contributed by atoms with van der Waals surface area (Å²) in [5.41, 5.74) is 4.67. The summed E-state index contributed by atoms with van der Waals surface area (Å²) in [5.74, 6) is 0.289. The van der Waals surface area contributed by atoms with E-state index in [4.69, 9.17) is 0 Å². The summed E-state index contributed by atoms with van der Waals surface area (Å²) in [7, 11) is 0. The van der Waals surface area contributed by atoms with Crippen LogP contribution in [-0.2, 0) is 11.2 Å². The second kappa shape index (κ2) is 6.17. The van der Waals surface area contributed by atoms with Crippen molar-refractivity contribution in [3.63, 3.8) is 0 Å². The molecule has 2 N–H and O–H groups in total. The molecule has 0 atom stereocenters. The minimum atomic E-state index is 0.289. The molecule has 2 aromatic rings. The van der Waals surface area contributed by atoms with Crippen LogP contribution in [-0.4, -0.2) is 17.3 Å². The van der Waals surface area contributed by atoms with Crippen LogP contribution in [0.25, 0.3) is 10.9 Å². The summed E-state index contributed by atoms with van der Waals surface area (Å²) in [5, 5.41) is 4.67. The van der Waals surface area contributed by atoms with Gasteiger partial charge in [0.05, 0.1) is 5.70 Å². The van der Waals surface area contributed by atoms with Gasteiger partial charge in [-0.05, 0) is 42.9 Å². The first-order chi connectivity index (χ1) is 10.3. The molecule has 0 radical (unpaired) electrons. The van der Waals surface area contributed by atoms with Gasteiger partial charge in [0.1, 0.15) is 0 Å². The highest BCUT2D eigenvalue weighted by molar-refractivity contribution is 5.96. The Labute approximate surface area is 125 Å². The van der Waals surface area contributed by atoms with E-state index in [0.717, 1.165) is 37.9 Å². The third-order valence-corrected chi connectivity index (χ3v) is 4.31. The zero-order valence-corrected chi connectivity index (χ0v) is 12.5. The maximum absolute atomic E-state index is 12.0. The molecule has 3 heteroatoms. The number of rotatable bonds is 5. The molecule has 1 aliphatic rings. The minimum absolute atomic E-state index is 0.289. The average Bonchev–Trinajstić information content (AvgIpc) is 2.92. The Balaban J connectivity index is 1.68. The van der Waals surface area contributed by atoms with Crippen molar-refractivity contribution < 1.29 is 4.79 Å². The molecule has 1 aromatic heterocycles. The van der Waals surface area contributed by atoms with Crippen molar-refractivity contribution in [3.05, 3.63) is 47.3 Å². The molecule has 0 saturated carbocycles. The van der Waals surface area contributed by atoms with Crippen LogP contribution >= 0.6 is 0 Å². The van der Waals surface area contributed by atoms with Gasteiger partial charge < -0.3 is 10.3 Å². The summed E-state index contributed by atoms with van der Waals surface area (Å²) in [4.78, 5) is 15.3. The first-order valence-corrected chi connectivity index (χ1v) is 7.83. The highest BCUT2D eigenvalue weighted by Gasteiger charge is 2.18. The Kier molecular flexibility index (Phi) is 4.09. The lowest BCUT2D eigenvalue weighted by atomic mass is 9.93. The number of benzene rings is 1. The van der Waals surface area contributed by atoms with E-state index >= 15 is 0 Å². The van der Waals surface area contributed by atoms with Gasteiger partial charge in [-0.1, -0.05) is 25.1 Å². The number of H-pyrrole nitrogens is 1. The number of para-hydroxylation sites is 1. The third-order valence-electron chi connectivity index (χ3n) is 4.31. The molecule has 110 valence electrons. The van der Waals surface area contributed by atoms with Gasteiger partial charge in [-0.2, -0.15) is 0 Å². The fraction of sp³-hybridized carbons (Fsp3) is 0.389. The molecular weight excluding hydrogens is 260 g/mol. The highest BCUT2D eigenvalue weighted by Crippen LogP contribution is 2.23. The van der Waals surface area contributed by atoms with Crippen molar-refractivity contribution in [3.8, 4) is 0 Å². The first kappa shape index (κ1) is 13.9. The van der Waals surface area contributed by atoms with Gasteiger partial charge in [0.2, 0.25) is 0 Å². The quantitative estimate of drug-likeness (QED) is 0.878. The normalized spacial score (nSPS) is 15.8. The number of aromatic nitrogens is 1. The molecule has 0 aliphatic heterocycles. The van der Waals surface area contributed by atoms with Crippen LogP contribution in [0.5, 0.6) is 0 Å². The minimum Gasteiger partial charge on any atom is -0.382 e. The lowest BCUT2D eigenvalue weighted by Gasteiger charge is -2.19. The van der Waals surface area contributed by atoms with Crippen LogP contribution in [0.4, 0.5) is 0 Å². The monoisotopic (exact) mass is 282 g/mol. The van der Waals surface area contributed by atoms with E-state index in [-0.39, 0.29) is 5.78 Å². The van der Waals surface area contributed by atoms with E-state index in [0.29, 0.717) is 6.42 Å². The van der Waals surface area contributed by atoms with Gasteiger partial charge >= 0.3 is 0 Å². The van der Waals surface area contributed by atoms with Crippen LogP contribution in [0.2, 0.25) is 0 Å². The van der Waals surface area contributed by atoms with E-state index in [2.05, 4.69) is 41.6 Å². The molecule has 1 aliphatic carbocycles. The molecule has 0 bridgehead atoms. The highest BCUT2D eigenvalue weighted by atomic mass is 16.1. The Morgan fingerprint density at radius 1 is 1.24 bits per heavy atom. The fourth-order valence-electron chi connectivity index (χ4n) is 3.15. The average molecular weight is 282 g/mol. The third kappa shape index (κ3) is 2.87. The van der Waals surface area contributed by atoms with Gasteiger partial charge in [-0.3, -0.25) is 4.79 Å². The fourth-order valence-corrected chi connectivity index (χ4v) is 3.15. The van der Waals surface area contributed by atoms with E-state index < -0.39 is 0 Å². The number of Topliss-reactive ketones (excluding diaryl/α,β-unsaturated/α-hetero) is 1. The van der Waals surface area contributed by atoms with Crippen LogP contribution in [0, 0.1) is 0 Å². The summed E-state index contributed by atoms with van der Waals surface area (Å²) in [6.07, 6.45) is 6.75. The molecule has 3 rings (SSSR count). The number of nitrogens with one attached hydrogen (secondary N) is 2. The van der Waals surface area contributed by atoms with Gasteiger partial charge in [0.15, 0.2) is 5.78 Å². The molecule has 0 saturated heterocycles. The van der Waals surface area contributed by atoms with Gasteiger partial charge in [-0.25, -0.2) is 0 Å². The first-order valence-electron chi connectivity index (χ1n) is 7.83. The zero-order chi connectivity index (χ0) is 14.7. The van der Waals surface area contributed by atoms with Crippen LogP contribution in [0.3, 0.4) is 0 Å². The van der Waals surface area contributed by atoms with Crippen molar-refractivity contribution in [2.24, 2.45) is 0 Å². The number of ketones is 1. The number of carbonyl (C=O) groups excluding carboxylic acids is 1. The molecule has 0 spiro atoms. The van der Waals surface area contributed by atoms with Crippen LogP contribution in [0.1, 0.15) is 38.2 Å². The van der Waals surface area contributed by atoms with Crippen LogP contribution in [0.15, 0.2) is 41.7 Å². The SMILES string of the molecule is CCC1=C(NCCc2c[nH]c3ccccc23)C(=O)CCC1. The van der Waals surface area contributed by atoms with Gasteiger partial charge in [0.25, 0.3) is 0 Å². The number of aromatic amines is 1. The molecule has 0 amide bonds. The number of fused-ring (bicyclic) bond motifs is 1. The largest absolute Gasteiger partial charge is 0.382 e. The van der Waals surface area contributed by atoms with Crippen molar-refractivity contribution in [2.45, 2.75) is 39.0 Å². The predicted octanol–water partition coefficient (Wildman–Crippen LogP) is 3.72. The van der Waals surface area contributed by atoms with Crippen molar-refractivity contribution >= 4 is 16.7 Å². The molecule has 0 fully saturated rings. The smallest absolute Gasteiger partial charge is 0.178 e.